The van der Waals surface area contributed by atoms with Gasteiger partial charge in [-0.1, -0.05) is 118 Å². The van der Waals surface area contributed by atoms with Gasteiger partial charge in [-0.3, -0.25) is 24.2 Å². The lowest BCUT2D eigenvalue weighted by Crippen LogP contribution is -2.47. The molecule has 2 amide bonds. The van der Waals surface area contributed by atoms with Crippen molar-refractivity contribution >= 4 is 29.7 Å². The molecule has 0 aromatic rings. The summed E-state index contributed by atoms with van der Waals surface area (Å²) in [7, 11) is 0. The molecule has 3 atom stereocenters. The fourth-order valence-electron chi connectivity index (χ4n) is 6.29. The predicted octanol–water partition coefficient (Wildman–Crippen LogP) is 8.01. The number of aliphatic imine (C=N–C) groups is 1. The summed E-state index contributed by atoms with van der Waals surface area (Å²) >= 11 is 0. The Morgan fingerprint density at radius 2 is 1.06 bits per heavy atom. The zero-order valence-electron chi connectivity index (χ0n) is 33.8. The molecule has 0 aliphatic carbocycles. The lowest BCUT2D eigenvalue weighted by Gasteiger charge is -2.18. The standard InChI is InChI=1S/C41H79N5O6/c1-5-9-12-19-27-35(25-11-7-3)40(50)52-33-23-17-15-21-30-44-38(48)36(29-31-45-41(42)43)46-37(47)28-20-14-13-16-22-32-51-39(49)34(24-8-4)26-18-10-6-2/h34-36H,5-33H2,1-4H3,(H,44,48)(H,46,47)(H4,42,43,45). The van der Waals surface area contributed by atoms with Crippen LogP contribution in [0.4, 0.5) is 0 Å². The van der Waals surface area contributed by atoms with Crippen molar-refractivity contribution in [2.24, 2.45) is 28.3 Å². The van der Waals surface area contributed by atoms with Crippen molar-refractivity contribution in [3.05, 3.63) is 0 Å². The van der Waals surface area contributed by atoms with Crippen molar-refractivity contribution in [1.82, 2.24) is 10.6 Å². The van der Waals surface area contributed by atoms with Crippen LogP contribution in [-0.4, -0.2) is 62.1 Å². The van der Waals surface area contributed by atoms with Crippen LogP contribution in [0.3, 0.4) is 0 Å². The third-order valence-corrected chi connectivity index (χ3v) is 9.54. The van der Waals surface area contributed by atoms with Crippen LogP contribution in [0.5, 0.6) is 0 Å². The van der Waals surface area contributed by atoms with Gasteiger partial charge in [0.15, 0.2) is 5.96 Å². The van der Waals surface area contributed by atoms with Gasteiger partial charge in [-0.2, -0.15) is 0 Å². The van der Waals surface area contributed by atoms with Gasteiger partial charge in [0.2, 0.25) is 11.8 Å². The van der Waals surface area contributed by atoms with Gasteiger partial charge in [0.1, 0.15) is 6.04 Å². The highest BCUT2D eigenvalue weighted by Gasteiger charge is 2.21. The lowest BCUT2D eigenvalue weighted by molar-refractivity contribution is -0.150. The van der Waals surface area contributed by atoms with Crippen molar-refractivity contribution < 1.29 is 28.7 Å². The molecule has 11 nitrogen and oxygen atoms in total. The van der Waals surface area contributed by atoms with Crippen LogP contribution in [0, 0.1) is 11.8 Å². The third kappa shape index (κ3) is 28.7. The molecule has 3 unspecified atom stereocenters. The molecule has 52 heavy (non-hydrogen) atoms. The minimum atomic E-state index is -0.717. The highest BCUT2D eigenvalue weighted by molar-refractivity contribution is 5.87. The molecule has 0 bridgehead atoms. The number of unbranched alkanes of at least 4 members (excludes halogenated alkanes) is 13. The van der Waals surface area contributed by atoms with Crippen LogP contribution in [0.15, 0.2) is 4.99 Å². The molecule has 304 valence electrons. The normalized spacial score (nSPS) is 12.8. The van der Waals surface area contributed by atoms with Gasteiger partial charge in [0.05, 0.1) is 25.0 Å². The van der Waals surface area contributed by atoms with E-state index in [1.165, 1.54) is 19.3 Å². The van der Waals surface area contributed by atoms with Crippen molar-refractivity contribution in [3.63, 3.8) is 0 Å². The number of nitrogens with zero attached hydrogens (tertiary/aromatic N) is 1. The van der Waals surface area contributed by atoms with Gasteiger partial charge >= 0.3 is 11.9 Å². The van der Waals surface area contributed by atoms with Gasteiger partial charge in [-0.25, -0.2) is 0 Å². The molecule has 0 aromatic heterocycles. The fourth-order valence-corrected chi connectivity index (χ4v) is 6.29. The Morgan fingerprint density at radius 1 is 0.558 bits per heavy atom. The van der Waals surface area contributed by atoms with Gasteiger partial charge in [-0.05, 0) is 64.2 Å². The first-order chi connectivity index (χ1) is 25.2. The number of nitrogens with two attached hydrogens (primary N) is 2. The second-order valence-corrected chi connectivity index (χ2v) is 14.4. The summed E-state index contributed by atoms with van der Waals surface area (Å²) in [4.78, 5) is 54.7. The Balaban J connectivity index is 4.35. The Hall–Kier alpha value is -2.85. The summed E-state index contributed by atoms with van der Waals surface area (Å²) < 4.78 is 11.2. The summed E-state index contributed by atoms with van der Waals surface area (Å²) in [6.45, 7) is 10.2. The first-order valence-electron chi connectivity index (χ1n) is 21.2. The van der Waals surface area contributed by atoms with Crippen molar-refractivity contribution in [1.29, 1.82) is 0 Å². The largest absolute Gasteiger partial charge is 0.465 e. The summed E-state index contributed by atoms with van der Waals surface area (Å²) in [5.74, 6) is -0.529. The number of hydrogen-bond acceptors (Lipinski definition) is 7. The highest BCUT2D eigenvalue weighted by Crippen LogP contribution is 2.20. The predicted molar refractivity (Wildman–Crippen MR) is 213 cm³/mol. The minimum absolute atomic E-state index is 0.0187. The average Bonchev–Trinajstić information content (AvgIpc) is 3.12. The number of nitrogens with one attached hydrogen (secondary N) is 2. The molecule has 0 spiro atoms. The van der Waals surface area contributed by atoms with Crippen LogP contribution < -0.4 is 22.1 Å². The van der Waals surface area contributed by atoms with E-state index in [1.807, 2.05) is 0 Å². The topological polar surface area (TPSA) is 175 Å². The molecular formula is C41H79N5O6. The zero-order valence-corrected chi connectivity index (χ0v) is 33.8. The maximum atomic E-state index is 13.0. The molecule has 0 saturated carbocycles. The van der Waals surface area contributed by atoms with Crippen LogP contribution in [0.1, 0.15) is 188 Å². The number of esters is 2. The maximum absolute atomic E-state index is 13.0. The van der Waals surface area contributed by atoms with E-state index >= 15 is 0 Å². The molecule has 0 saturated heterocycles. The molecule has 0 aliphatic heterocycles. The van der Waals surface area contributed by atoms with E-state index in [9.17, 15) is 19.2 Å². The van der Waals surface area contributed by atoms with Gasteiger partial charge in [0.25, 0.3) is 0 Å². The van der Waals surface area contributed by atoms with Crippen LogP contribution >= 0.6 is 0 Å². The van der Waals surface area contributed by atoms with E-state index in [0.717, 1.165) is 128 Å². The van der Waals surface area contributed by atoms with Crippen LogP contribution in [0.2, 0.25) is 0 Å². The van der Waals surface area contributed by atoms with Crippen molar-refractivity contribution in [3.8, 4) is 0 Å². The zero-order chi connectivity index (χ0) is 38.7. The molecular weight excluding hydrogens is 658 g/mol. The molecule has 0 aliphatic rings. The van der Waals surface area contributed by atoms with E-state index < -0.39 is 6.04 Å². The molecule has 0 heterocycles. The van der Waals surface area contributed by atoms with Crippen LogP contribution in [0.25, 0.3) is 0 Å². The Labute approximate surface area is 317 Å². The second-order valence-electron chi connectivity index (χ2n) is 14.4. The average molecular weight is 738 g/mol. The Morgan fingerprint density at radius 3 is 1.65 bits per heavy atom. The van der Waals surface area contributed by atoms with Gasteiger partial charge in [0, 0.05) is 19.5 Å². The quantitative estimate of drug-likeness (QED) is 0.0216. The van der Waals surface area contributed by atoms with E-state index in [1.54, 1.807) is 0 Å². The monoisotopic (exact) mass is 738 g/mol. The molecule has 11 heteroatoms. The SMILES string of the molecule is CCCCCCC(CCCC)C(=O)OCCCCCCNC(=O)C(CCN=C(N)N)NC(=O)CCCCCCCOC(=O)C(CCC)CCCCC. The van der Waals surface area contributed by atoms with E-state index in [-0.39, 0.29) is 48.1 Å². The van der Waals surface area contributed by atoms with Crippen LogP contribution in [-0.2, 0) is 28.7 Å². The van der Waals surface area contributed by atoms with E-state index in [0.29, 0.717) is 32.6 Å². The van der Waals surface area contributed by atoms with Gasteiger partial charge in [-0.15, -0.1) is 0 Å². The van der Waals surface area contributed by atoms with Crippen molar-refractivity contribution in [2.45, 2.75) is 194 Å². The van der Waals surface area contributed by atoms with Crippen molar-refractivity contribution in [2.75, 3.05) is 26.3 Å². The Bertz CT molecular complexity index is 943. The molecule has 0 rings (SSSR count). The number of rotatable bonds is 36. The van der Waals surface area contributed by atoms with Gasteiger partial charge < -0.3 is 31.6 Å². The summed E-state index contributed by atoms with van der Waals surface area (Å²) in [5.41, 5.74) is 10.9. The maximum Gasteiger partial charge on any atom is 0.308 e. The minimum Gasteiger partial charge on any atom is -0.465 e. The highest BCUT2D eigenvalue weighted by atomic mass is 16.5. The second kappa shape index (κ2) is 35.2. The third-order valence-electron chi connectivity index (χ3n) is 9.54. The lowest BCUT2D eigenvalue weighted by atomic mass is 9.95. The fraction of sp³-hybridized carbons (Fsp3) is 0.878. The number of carbonyl (C=O) groups is 4. The number of carbonyl (C=O) groups excluding carboxylic acids is 4. The summed E-state index contributed by atoms with van der Waals surface area (Å²) in [5, 5.41) is 5.81. The Kier molecular flexibility index (Phi) is 33.3. The van der Waals surface area contributed by atoms with E-state index in [4.69, 9.17) is 20.9 Å². The number of guanidine groups is 1. The smallest absolute Gasteiger partial charge is 0.308 e. The molecule has 0 fully saturated rings. The number of hydrogen-bond donors (Lipinski definition) is 4. The van der Waals surface area contributed by atoms with E-state index in [2.05, 4.69) is 43.3 Å². The number of ether oxygens (including phenoxy) is 2. The number of amides is 2. The summed E-state index contributed by atoms with van der Waals surface area (Å²) in [6.07, 6.45) is 23.2. The molecule has 0 aromatic carbocycles. The molecule has 6 N–H and O–H groups in total. The first-order valence-corrected chi connectivity index (χ1v) is 21.2. The first kappa shape index (κ1) is 49.1. The summed E-state index contributed by atoms with van der Waals surface area (Å²) in [6, 6.07) is -0.717. The molecule has 0 radical (unpaired) electrons.